The second kappa shape index (κ2) is 10.5. The molecule has 23 heavy (non-hydrogen) atoms. The fraction of sp³-hybridized carbons (Fsp3) is 0.529. The Balaban J connectivity index is 0.00000264. The molecule has 0 radical (unpaired) electrons. The number of guanidine groups is 1. The molecule has 0 aromatic carbocycles. The summed E-state index contributed by atoms with van der Waals surface area (Å²) in [4.78, 5) is 8.84. The topological polar surface area (TPSA) is 53.7 Å². The van der Waals surface area contributed by atoms with Gasteiger partial charge in [-0.2, -0.15) is 0 Å². The minimum atomic E-state index is 0. The molecule has 2 heterocycles. The fourth-order valence-corrected chi connectivity index (χ4v) is 2.35. The lowest BCUT2D eigenvalue weighted by atomic mass is 10.1. The van der Waals surface area contributed by atoms with Crippen molar-refractivity contribution in [1.82, 2.24) is 20.0 Å². The van der Waals surface area contributed by atoms with Gasteiger partial charge in [-0.3, -0.25) is 4.99 Å². The SMILES string of the molecule is CN=C(NCCCC(C)C)NCCc1cn2ccccc2n1.I. The van der Waals surface area contributed by atoms with Crippen LogP contribution in [0.15, 0.2) is 35.6 Å². The van der Waals surface area contributed by atoms with Crippen LogP contribution >= 0.6 is 24.0 Å². The predicted octanol–water partition coefficient (Wildman–Crippen LogP) is 3.10. The lowest BCUT2D eigenvalue weighted by Crippen LogP contribution is -2.38. The molecule has 0 spiro atoms. The van der Waals surface area contributed by atoms with Gasteiger partial charge in [-0.25, -0.2) is 4.98 Å². The van der Waals surface area contributed by atoms with E-state index in [-0.39, 0.29) is 24.0 Å². The van der Waals surface area contributed by atoms with Gasteiger partial charge >= 0.3 is 0 Å². The van der Waals surface area contributed by atoms with Gasteiger partial charge < -0.3 is 15.0 Å². The molecule has 6 heteroatoms. The molecule has 2 N–H and O–H groups in total. The van der Waals surface area contributed by atoms with Crippen LogP contribution in [-0.4, -0.2) is 35.5 Å². The third kappa shape index (κ3) is 6.76. The van der Waals surface area contributed by atoms with Crippen LogP contribution in [-0.2, 0) is 6.42 Å². The average Bonchev–Trinajstić information content (AvgIpc) is 2.92. The molecule has 2 rings (SSSR count). The molecular formula is C17H28IN5. The van der Waals surface area contributed by atoms with Crippen LogP contribution in [0.5, 0.6) is 0 Å². The van der Waals surface area contributed by atoms with Crippen molar-refractivity contribution in [1.29, 1.82) is 0 Å². The number of fused-ring (bicyclic) bond motifs is 1. The zero-order chi connectivity index (χ0) is 15.8. The Hall–Kier alpha value is -1.31. The Morgan fingerprint density at radius 2 is 2.04 bits per heavy atom. The summed E-state index contributed by atoms with van der Waals surface area (Å²) in [5.41, 5.74) is 2.09. The molecule has 0 fully saturated rings. The number of nitrogens with one attached hydrogen (secondary N) is 2. The molecule has 0 aliphatic rings. The molecule has 0 aliphatic heterocycles. The van der Waals surface area contributed by atoms with Gasteiger partial charge in [0.25, 0.3) is 0 Å². The van der Waals surface area contributed by atoms with E-state index in [1.807, 2.05) is 35.8 Å². The first-order valence-corrected chi connectivity index (χ1v) is 8.06. The van der Waals surface area contributed by atoms with Crippen LogP contribution in [0.25, 0.3) is 5.65 Å². The Bertz CT molecular complexity index is 573. The van der Waals surface area contributed by atoms with Gasteiger partial charge in [-0.05, 0) is 30.9 Å². The third-order valence-corrected chi connectivity index (χ3v) is 3.56. The van der Waals surface area contributed by atoms with Crippen LogP contribution < -0.4 is 10.6 Å². The van der Waals surface area contributed by atoms with E-state index in [2.05, 4.69) is 40.7 Å². The van der Waals surface area contributed by atoms with Crippen molar-refractivity contribution in [2.45, 2.75) is 33.1 Å². The average molecular weight is 429 g/mol. The summed E-state index contributed by atoms with van der Waals surface area (Å²) in [6, 6.07) is 6.04. The van der Waals surface area contributed by atoms with Crippen molar-refractivity contribution in [3.05, 3.63) is 36.3 Å². The van der Waals surface area contributed by atoms with Crippen LogP contribution in [0.4, 0.5) is 0 Å². The summed E-state index contributed by atoms with van der Waals surface area (Å²) >= 11 is 0. The largest absolute Gasteiger partial charge is 0.356 e. The zero-order valence-electron chi connectivity index (χ0n) is 14.2. The number of hydrogen-bond acceptors (Lipinski definition) is 2. The van der Waals surface area contributed by atoms with Crippen molar-refractivity contribution in [2.75, 3.05) is 20.1 Å². The minimum absolute atomic E-state index is 0. The Morgan fingerprint density at radius 3 is 2.74 bits per heavy atom. The highest BCUT2D eigenvalue weighted by atomic mass is 127. The van der Waals surface area contributed by atoms with Gasteiger partial charge in [-0.1, -0.05) is 19.9 Å². The molecule has 0 bridgehead atoms. The highest BCUT2D eigenvalue weighted by molar-refractivity contribution is 14.0. The second-order valence-corrected chi connectivity index (χ2v) is 5.91. The van der Waals surface area contributed by atoms with E-state index in [0.29, 0.717) is 0 Å². The van der Waals surface area contributed by atoms with Gasteiger partial charge in [0.15, 0.2) is 5.96 Å². The molecular weight excluding hydrogens is 401 g/mol. The molecule has 0 unspecified atom stereocenters. The zero-order valence-corrected chi connectivity index (χ0v) is 16.6. The minimum Gasteiger partial charge on any atom is -0.356 e. The molecule has 0 saturated heterocycles. The molecule has 128 valence electrons. The molecule has 5 nitrogen and oxygen atoms in total. The number of imidazole rings is 1. The summed E-state index contributed by atoms with van der Waals surface area (Å²) in [5, 5.41) is 6.69. The van der Waals surface area contributed by atoms with E-state index in [9.17, 15) is 0 Å². The maximum Gasteiger partial charge on any atom is 0.190 e. The molecule has 0 amide bonds. The van der Waals surface area contributed by atoms with Crippen LogP contribution in [0.2, 0.25) is 0 Å². The Labute approximate surface area is 156 Å². The summed E-state index contributed by atoms with van der Waals surface area (Å²) in [5.74, 6) is 1.62. The first kappa shape index (κ1) is 19.7. The van der Waals surface area contributed by atoms with Gasteiger partial charge in [0.05, 0.1) is 5.69 Å². The first-order chi connectivity index (χ1) is 10.7. The maximum absolute atomic E-state index is 4.59. The van der Waals surface area contributed by atoms with Crippen LogP contribution in [0.1, 0.15) is 32.4 Å². The number of hydrogen-bond donors (Lipinski definition) is 2. The van der Waals surface area contributed by atoms with Crippen molar-refractivity contribution >= 4 is 35.6 Å². The number of halogens is 1. The van der Waals surface area contributed by atoms with Gasteiger partial charge in [0.2, 0.25) is 0 Å². The highest BCUT2D eigenvalue weighted by Crippen LogP contribution is 2.04. The van der Waals surface area contributed by atoms with Crippen LogP contribution in [0.3, 0.4) is 0 Å². The first-order valence-electron chi connectivity index (χ1n) is 8.06. The van der Waals surface area contributed by atoms with E-state index >= 15 is 0 Å². The van der Waals surface area contributed by atoms with E-state index < -0.39 is 0 Å². The van der Waals surface area contributed by atoms with Gasteiger partial charge in [-0.15, -0.1) is 24.0 Å². The van der Waals surface area contributed by atoms with Gasteiger partial charge in [0.1, 0.15) is 5.65 Å². The van der Waals surface area contributed by atoms with Crippen molar-refractivity contribution in [3.8, 4) is 0 Å². The number of pyridine rings is 1. The summed E-state index contributed by atoms with van der Waals surface area (Å²) in [7, 11) is 1.81. The summed E-state index contributed by atoms with van der Waals surface area (Å²) in [6.07, 6.45) is 7.40. The maximum atomic E-state index is 4.59. The van der Waals surface area contributed by atoms with Gasteiger partial charge in [0, 0.05) is 39.0 Å². The highest BCUT2D eigenvalue weighted by Gasteiger charge is 2.02. The predicted molar refractivity (Wildman–Crippen MR) is 108 cm³/mol. The lowest BCUT2D eigenvalue weighted by molar-refractivity contribution is 0.549. The Morgan fingerprint density at radius 1 is 1.26 bits per heavy atom. The molecule has 2 aromatic rings. The van der Waals surface area contributed by atoms with Crippen molar-refractivity contribution in [3.63, 3.8) is 0 Å². The summed E-state index contributed by atoms with van der Waals surface area (Å²) in [6.45, 7) is 6.30. The normalized spacial score (nSPS) is 11.6. The quantitative estimate of drug-likeness (QED) is 0.308. The smallest absolute Gasteiger partial charge is 0.190 e. The summed E-state index contributed by atoms with van der Waals surface area (Å²) < 4.78 is 2.05. The van der Waals surface area contributed by atoms with E-state index in [1.165, 1.54) is 12.8 Å². The number of nitrogens with zero attached hydrogens (tertiary/aromatic N) is 3. The fourth-order valence-electron chi connectivity index (χ4n) is 2.35. The van der Waals surface area contributed by atoms with E-state index in [1.54, 1.807) is 0 Å². The van der Waals surface area contributed by atoms with E-state index in [4.69, 9.17) is 0 Å². The van der Waals surface area contributed by atoms with Crippen molar-refractivity contribution in [2.24, 2.45) is 10.9 Å². The number of aliphatic imine (C=N–C) groups is 1. The second-order valence-electron chi connectivity index (χ2n) is 5.91. The molecule has 2 aromatic heterocycles. The lowest BCUT2D eigenvalue weighted by Gasteiger charge is -2.11. The monoisotopic (exact) mass is 429 g/mol. The molecule has 0 aliphatic carbocycles. The molecule has 0 saturated carbocycles. The van der Waals surface area contributed by atoms with E-state index in [0.717, 1.165) is 42.7 Å². The number of aromatic nitrogens is 2. The van der Waals surface area contributed by atoms with Crippen molar-refractivity contribution < 1.29 is 0 Å². The Kier molecular flexibility index (Phi) is 8.98. The van der Waals surface area contributed by atoms with Crippen LogP contribution in [0, 0.1) is 5.92 Å². The standard InChI is InChI=1S/C17H27N5.HI/c1-14(2)7-6-10-19-17(18-3)20-11-9-15-13-22-12-5-4-8-16(22)21-15;/h4-5,8,12-14H,6-7,9-11H2,1-3H3,(H2,18,19,20);1H. The molecule has 0 atom stereocenters. The number of rotatable bonds is 7. The third-order valence-electron chi connectivity index (χ3n) is 3.56.